The first-order valence-corrected chi connectivity index (χ1v) is 7.34. The van der Waals surface area contributed by atoms with Gasteiger partial charge < -0.3 is 10.1 Å². The van der Waals surface area contributed by atoms with Crippen LogP contribution in [0.25, 0.3) is 0 Å². The molecule has 1 N–H and O–H groups in total. The second-order valence-corrected chi connectivity index (χ2v) is 4.91. The number of rotatable bonds is 9. The van der Waals surface area contributed by atoms with Crippen LogP contribution in [0, 0.1) is 0 Å². The van der Waals surface area contributed by atoms with Crippen molar-refractivity contribution in [2.24, 2.45) is 0 Å². The average molecular weight is 275 g/mol. The molecule has 3 nitrogen and oxygen atoms in total. The van der Waals surface area contributed by atoms with E-state index in [4.69, 9.17) is 4.74 Å². The summed E-state index contributed by atoms with van der Waals surface area (Å²) in [5, 5.41) is 2.95. The zero-order valence-corrected chi connectivity index (χ0v) is 12.3. The SMILES string of the molecule is C=CCCC[C@@H](CCC)NC(=O)OCc1ccccc1. The van der Waals surface area contributed by atoms with E-state index in [2.05, 4.69) is 18.8 Å². The lowest BCUT2D eigenvalue weighted by molar-refractivity contribution is 0.134. The molecule has 0 spiro atoms. The number of hydrogen-bond donors (Lipinski definition) is 1. The van der Waals surface area contributed by atoms with Crippen LogP contribution in [0.3, 0.4) is 0 Å². The van der Waals surface area contributed by atoms with Gasteiger partial charge in [0.05, 0.1) is 0 Å². The third-order valence-corrected chi connectivity index (χ3v) is 3.13. The first kappa shape index (κ1) is 16.3. The molecule has 0 aliphatic rings. The highest BCUT2D eigenvalue weighted by Crippen LogP contribution is 2.08. The summed E-state index contributed by atoms with van der Waals surface area (Å²) in [5.74, 6) is 0. The Morgan fingerprint density at radius 2 is 2.10 bits per heavy atom. The predicted octanol–water partition coefficient (Wildman–Crippen LogP) is 4.44. The molecule has 0 saturated carbocycles. The van der Waals surface area contributed by atoms with Crippen molar-refractivity contribution in [3.05, 3.63) is 48.6 Å². The Labute approximate surface area is 122 Å². The van der Waals surface area contributed by atoms with Gasteiger partial charge in [0.2, 0.25) is 0 Å². The summed E-state index contributed by atoms with van der Waals surface area (Å²) in [6.07, 6.45) is 6.63. The quantitative estimate of drug-likeness (QED) is 0.534. The normalized spacial score (nSPS) is 11.7. The van der Waals surface area contributed by atoms with Gasteiger partial charge in [0.15, 0.2) is 0 Å². The molecular weight excluding hydrogens is 250 g/mol. The number of unbranched alkanes of at least 4 members (excludes halogenated alkanes) is 1. The number of benzene rings is 1. The lowest BCUT2D eigenvalue weighted by Crippen LogP contribution is -2.35. The van der Waals surface area contributed by atoms with Crippen LogP contribution in [-0.2, 0) is 11.3 Å². The first-order chi connectivity index (χ1) is 9.76. The van der Waals surface area contributed by atoms with Gasteiger partial charge in [-0.3, -0.25) is 0 Å². The Balaban J connectivity index is 2.31. The Hall–Kier alpha value is -1.77. The Morgan fingerprint density at radius 3 is 2.75 bits per heavy atom. The van der Waals surface area contributed by atoms with E-state index in [0.717, 1.165) is 37.7 Å². The number of hydrogen-bond acceptors (Lipinski definition) is 2. The van der Waals surface area contributed by atoms with Crippen LogP contribution in [-0.4, -0.2) is 12.1 Å². The van der Waals surface area contributed by atoms with Gasteiger partial charge in [-0.05, 0) is 31.2 Å². The number of ether oxygens (including phenoxy) is 1. The van der Waals surface area contributed by atoms with Crippen molar-refractivity contribution in [2.45, 2.75) is 51.7 Å². The van der Waals surface area contributed by atoms with Crippen molar-refractivity contribution in [3.8, 4) is 0 Å². The van der Waals surface area contributed by atoms with E-state index in [0.29, 0.717) is 6.61 Å². The zero-order valence-electron chi connectivity index (χ0n) is 12.3. The molecule has 0 aliphatic heterocycles. The van der Waals surface area contributed by atoms with Crippen LogP contribution in [0.4, 0.5) is 4.79 Å². The summed E-state index contributed by atoms with van der Waals surface area (Å²) in [7, 11) is 0. The van der Waals surface area contributed by atoms with Gasteiger partial charge in [0.1, 0.15) is 6.61 Å². The lowest BCUT2D eigenvalue weighted by atomic mass is 10.1. The standard InChI is InChI=1S/C17H25NO2/c1-3-5-7-13-16(10-4-2)18-17(19)20-14-15-11-8-6-9-12-15/h3,6,8-9,11-12,16H,1,4-5,7,10,13-14H2,2H3,(H,18,19)/t16-/m1/s1. The number of carbonyl (C=O) groups excluding carboxylic acids is 1. The summed E-state index contributed by atoms with van der Waals surface area (Å²) in [5.41, 5.74) is 1.00. The maximum Gasteiger partial charge on any atom is 0.407 e. The lowest BCUT2D eigenvalue weighted by Gasteiger charge is -2.17. The molecule has 0 unspecified atom stereocenters. The molecule has 0 fully saturated rings. The fraction of sp³-hybridized carbons (Fsp3) is 0.471. The molecule has 110 valence electrons. The zero-order chi connectivity index (χ0) is 14.6. The van der Waals surface area contributed by atoms with E-state index in [1.54, 1.807) is 0 Å². The van der Waals surface area contributed by atoms with Gasteiger partial charge in [0.25, 0.3) is 0 Å². The smallest absolute Gasteiger partial charge is 0.407 e. The molecule has 0 bridgehead atoms. The average Bonchev–Trinajstić information content (AvgIpc) is 2.47. The van der Waals surface area contributed by atoms with Gasteiger partial charge in [-0.15, -0.1) is 6.58 Å². The molecular formula is C17H25NO2. The summed E-state index contributed by atoms with van der Waals surface area (Å²) < 4.78 is 5.24. The topological polar surface area (TPSA) is 38.3 Å². The van der Waals surface area contributed by atoms with E-state index in [1.807, 2.05) is 36.4 Å². The largest absolute Gasteiger partial charge is 0.445 e. The van der Waals surface area contributed by atoms with Gasteiger partial charge in [0, 0.05) is 6.04 Å². The number of carbonyl (C=O) groups is 1. The second kappa shape index (κ2) is 10.1. The van der Waals surface area contributed by atoms with Crippen molar-refractivity contribution in [1.29, 1.82) is 0 Å². The summed E-state index contributed by atoms with van der Waals surface area (Å²) in [6, 6.07) is 9.91. The highest BCUT2D eigenvalue weighted by atomic mass is 16.5. The van der Waals surface area contributed by atoms with Crippen LogP contribution in [0.15, 0.2) is 43.0 Å². The molecule has 0 aliphatic carbocycles. The summed E-state index contributed by atoms with van der Waals surface area (Å²) in [6.45, 7) is 6.16. The molecule has 0 aromatic heterocycles. The molecule has 0 saturated heterocycles. The van der Waals surface area contributed by atoms with Crippen LogP contribution in [0.5, 0.6) is 0 Å². The van der Waals surface area contributed by atoms with E-state index in [1.165, 1.54) is 0 Å². The highest BCUT2D eigenvalue weighted by molar-refractivity contribution is 5.67. The number of amides is 1. The second-order valence-electron chi connectivity index (χ2n) is 4.91. The van der Waals surface area contributed by atoms with E-state index in [9.17, 15) is 4.79 Å². The minimum Gasteiger partial charge on any atom is -0.445 e. The van der Waals surface area contributed by atoms with Gasteiger partial charge in [-0.1, -0.05) is 49.8 Å². The van der Waals surface area contributed by atoms with Crippen molar-refractivity contribution < 1.29 is 9.53 Å². The van der Waals surface area contributed by atoms with E-state index in [-0.39, 0.29) is 12.1 Å². The fourth-order valence-corrected chi connectivity index (χ4v) is 2.08. The van der Waals surface area contributed by atoms with E-state index < -0.39 is 0 Å². The molecule has 1 amide bonds. The Morgan fingerprint density at radius 1 is 1.35 bits per heavy atom. The van der Waals surface area contributed by atoms with Crippen LogP contribution >= 0.6 is 0 Å². The van der Waals surface area contributed by atoms with Crippen molar-refractivity contribution in [3.63, 3.8) is 0 Å². The monoisotopic (exact) mass is 275 g/mol. The minimum absolute atomic E-state index is 0.197. The van der Waals surface area contributed by atoms with Crippen molar-refractivity contribution >= 4 is 6.09 Å². The molecule has 20 heavy (non-hydrogen) atoms. The number of alkyl carbamates (subject to hydrolysis) is 1. The fourth-order valence-electron chi connectivity index (χ4n) is 2.08. The predicted molar refractivity (Wildman–Crippen MR) is 82.5 cm³/mol. The van der Waals surface area contributed by atoms with Crippen LogP contribution in [0.1, 0.15) is 44.6 Å². The molecule has 3 heteroatoms. The molecule has 1 aromatic rings. The molecule has 1 rings (SSSR count). The Kier molecular flexibility index (Phi) is 8.20. The maximum absolute atomic E-state index is 11.8. The van der Waals surface area contributed by atoms with Crippen molar-refractivity contribution in [1.82, 2.24) is 5.32 Å². The molecule has 0 radical (unpaired) electrons. The number of nitrogens with one attached hydrogen (secondary N) is 1. The Bertz CT molecular complexity index is 389. The third-order valence-electron chi connectivity index (χ3n) is 3.13. The summed E-state index contributed by atoms with van der Waals surface area (Å²) in [4.78, 5) is 11.8. The highest BCUT2D eigenvalue weighted by Gasteiger charge is 2.11. The van der Waals surface area contributed by atoms with E-state index >= 15 is 0 Å². The molecule has 0 heterocycles. The molecule has 1 aromatic carbocycles. The maximum atomic E-state index is 11.8. The van der Waals surface area contributed by atoms with Crippen LogP contribution in [0.2, 0.25) is 0 Å². The van der Waals surface area contributed by atoms with Crippen LogP contribution < -0.4 is 5.32 Å². The van der Waals surface area contributed by atoms with Crippen molar-refractivity contribution in [2.75, 3.05) is 0 Å². The number of allylic oxidation sites excluding steroid dienone is 1. The third kappa shape index (κ3) is 6.98. The van der Waals surface area contributed by atoms with Gasteiger partial charge in [-0.25, -0.2) is 4.79 Å². The van der Waals surface area contributed by atoms with Gasteiger partial charge >= 0.3 is 6.09 Å². The minimum atomic E-state index is -0.328. The summed E-state index contributed by atoms with van der Waals surface area (Å²) >= 11 is 0. The molecule has 1 atom stereocenters. The first-order valence-electron chi connectivity index (χ1n) is 7.34. The van der Waals surface area contributed by atoms with Gasteiger partial charge in [-0.2, -0.15) is 0 Å².